The number of aromatic nitrogens is 1. The Morgan fingerprint density at radius 3 is 2.58 bits per heavy atom. The van der Waals surface area contributed by atoms with E-state index in [9.17, 15) is 34.4 Å². The van der Waals surface area contributed by atoms with E-state index in [0.717, 1.165) is 4.90 Å². The van der Waals surface area contributed by atoms with Gasteiger partial charge in [-0.1, -0.05) is 23.4 Å². The lowest BCUT2D eigenvalue weighted by atomic mass is 10.0. The molecule has 0 aliphatic carbocycles. The van der Waals surface area contributed by atoms with Crippen molar-refractivity contribution in [2.75, 3.05) is 19.5 Å². The standard InChI is InChI=1S/C24H22N6O9S/c1-38-20-15(10-12-6-8-13(9-7-12)30(36)37)40-23-18(22(33)29(23)19(20)24(34)35)27-21(32)17(28-39-2)14-4-3-5-16(26-14)25-11-31/h3-9,11,15,18,23H,10H2,1-2H3,(H,27,32)(H,34,35)(H,25,26,31)/t15?,18?,23-/m1/s1. The van der Waals surface area contributed by atoms with E-state index in [-0.39, 0.29) is 40.8 Å². The number of amides is 3. The van der Waals surface area contributed by atoms with Gasteiger partial charge in [0.05, 0.1) is 17.3 Å². The number of carboxylic acid groups (broad SMARTS) is 1. The SMILES string of the molecule is CON=C(C(=O)NC1C(=O)N2C(C(=O)O)=C(OC)C(Cc3ccc([N+](=O)[O-])cc3)S[C@H]12)c1cccc(NC=O)n1. The number of β-lactam (4-membered cyclic amide) rings is 1. The Kier molecular flexibility index (Phi) is 8.28. The molecule has 3 N–H and O–H groups in total. The number of hydrogen-bond donors (Lipinski definition) is 3. The summed E-state index contributed by atoms with van der Waals surface area (Å²) in [6.45, 7) is 0. The van der Waals surface area contributed by atoms with Gasteiger partial charge in [-0.2, -0.15) is 0 Å². The second-order valence-electron chi connectivity index (χ2n) is 8.32. The number of oxime groups is 1. The summed E-state index contributed by atoms with van der Waals surface area (Å²) in [6.07, 6.45) is 0.648. The number of nitrogens with zero attached hydrogens (tertiary/aromatic N) is 4. The van der Waals surface area contributed by atoms with Gasteiger partial charge in [-0.25, -0.2) is 9.78 Å². The second kappa shape index (κ2) is 11.8. The maximum atomic E-state index is 13.2. The van der Waals surface area contributed by atoms with E-state index < -0.39 is 39.4 Å². The Morgan fingerprint density at radius 1 is 1.25 bits per heavy atom. The number of rotatable bonds is 11. The Morgan fingerprint density at radius 2 is 1.98 bits per heavy atom. The number of nitrogens with one attached hydrogen (secondary N) is 2. The molecule has 2 aliphatic rings. The van der Waals surface area contributed by atoms with E-state index in [1.807, 2.05) is 0 Å². The lowest BCUT2D eigenvalue weighted by Gasteiger charge is -2.50. The van der Waals surface area contributed by atoms with Gasteiger partial charge < -0.3 is 25.3 Å². The molecule has 1 saturated heterocycles. The van der Waals surface area contributed by atoms with Gasteiger partial charge in [0.15, 0.2) is 11.4 Å². The van der Waals surface area contributed by atoms with Crippen molar-refractivity contribution < 1.29 is 38.8 Å². The van der Waals surface area contributed by atoms with Gasteiger partial charge in [0.2, 0.25) is 6.41 Å². The van der Waals surface area contributed by atoms with Crippen LogP contribution >= 0.6 is 11.8 Å². The van der Waals surface area contributed by atoms with E-state index >= 15 is 0 Å². The smallest absolute Gasteiger partial charge is 0.356 e. The molecule has 1 aromatic heterocycles. The van der Waals surface area contributed by atoms with Crippen LogP contribution in [0.4, 0.5) is 11.5 Å². The van der Waals surface area contributed by atoms with Crippen molar-refractivity contribution in [1.82, 2.24) is 15.2 Å². The third-order valence-corrected chi connectivity index (χ3v) is 7.46. The van der Waals surface area contributed by atoms with Crippen LogP contribution in [-0.2, 0) is 35.2 Å². The molecule has 3 amide bonds. The highest BCUT2D eigenvalue weighted by Crippen LogP contribution is 2.45. The number of non-ortho nitro benzene ring substituents is 1. The van der Waals surface area contributed by atoms with Crippen LogP contribution in [0, 0.1) is 10.1 Å². The molecule has 0 bridgehead atoms. The molecule has 40 heavy (non-hydrogen) atoms. The van der Waals surface area contributed by atoms with Gasteiger partial charge in [0.1, 0.15) is 35.8 Å². The minimum atomic E-state index is -1.39. The monoisotopic (exact) mass is 570 g/mol. The van der Waals surface area contributed by atoms with Crippen LogP contribution in [0.5, 0.6) is 0 Å². The summed E-state index contributed by atoms with van der Waals surface area (Å²) in [6, 6.07) is 9.13. The Labute approximate surface area is 230 Å². The van der Waals surface area contributed by atoms with Crippen LogP contribution in [-0.4, -0.2) is 80.7 Å². The van der Waals surface area contributed by atoms with Crippen LogP contribution < -0.4 is 10.6 Å². The summed E-state index contributed by atoms with van der Waals surface area (Å²) in [7, 11) is 2.51. The van der Waals surface area contributed by atoms with Gasteiger partial charge in [0, 0.05) is 12.1 Å². The van der Waals surface area contributed by atoms with Crippen molar-refractivity contribution in [2.45, 2.75) is 23.1 Å². The summed E-state index contributed by atoms with van der Waals surface area (Å²) in [4.78, 5) is 69.6. The molecule has 16 heteroatoms. The molecular formula is C24H22N6O9S. The first-order valence-corrected chi connectivity index (χ1v) is 12.5. The molecule has 208 valence electrons. The second-order valence-corrected chi connectivity index (χ2v) is 9.64. The van der Waals surface area contributed by atoms with Crippen molar-refractivity contribution in [3.05, 3.63) is 75.3 Å². The first kappa shape index (κ1) is 28.0. The zero-order valence-corrected chi connectivity index (χ0v) is 21.8. The summed E-state index contributed by atoms with van der Waals surface area (Å²) < 4.78 is 5.40. The molecular weight excluding hydrogens is 548 g/mol. The van der Waals surface area contributed by atoms with Crippen molar-refractivity contribution in [3.63, 3.8) is 0 Å². The highest BCUT2D eigenvalue weighted by Gasteiger charge is 2.57. The number of pyridine rings is 1. The first-order valence-electron chi connectivity index (χ1n) is 11.5. The highest BCUT2D eigenvalue weighted by atomic mass is 32.2. The fraction of sp³-hybridized carbons (Fsp3) is 0.250. The zero-order chi connectivity index (χ0) is 29.0. The number of carboxylic acids is 1. The molecule has 1 aromatic carbocycles. The Bertz CT molecular complexity index is 1430. The number of thioether (sulfide) groups is 1. The fourth-order valence-electron chi connectivity index (χ4n) is 4.23. The number of nitro groups is 1. The number of nitro benzene ring substituents is 1. The number of benzene rings is 1. The number of methoxy groups -OCH3 is 1. The summed E-state index contributed by atoms with van der Waals surface area (Å²) >= 11 is 1.20. The lowest BCUT2D eigenvalue weighted by Crippen LogP contribution is -2.71. The van der Waals surface area contributed by atoms with Crippen molar-refractivity contribution in [2.24, 2.45) is 5.16 Å². The molecule has 0 spiro atoms. The van der Waals surface area contributed by atoms with Gasteiger partial charge in [-0.05, 0) is 24.1 Å². The molecule has 2 unspecified atom stereocenters. The average Bonchev–Trinajstić information content (AvgIpc) is 2.94. The molecule has 0 radical (unpaired) electrons. The van der Waals surface area contributed by atoms with Crippen molar-refractivity contribution in [1.29, 1.82) is 0 Å². The molecule has 3 heterocycles. The summed E-state index contributed by atoms with van der Waals surface area (Å²) in [5.41, 5.74) is -0.00359. The predicted molar refractivity (Wildman–Crippen MR) is 140 cm³/mol. The summed E-state index contributed by atoms with van der Waals surface area (Å²) in [5, 5.41) is 28.2. The molecule has 4 rings (SSSR count). The minimum Gasteiger partial charge on any atom is -0.497 e. The fourth-order valence-corrected chi connectivity index (χ4v) is 5.86. The van der Waals surface area contributed by atoms with Crippen LogP contribution in [0.15, 0.2) is 59.1 Å². The molecule has 3 atom stereocenters. The number of hydrogen-bond acceptors (Lipinski definition) is 11. The quantitative estimate of drug-likeness (QED) is 0.114. The number of aliphatic carboxylic acids is 1. The van der Waals surface area contributed by atoms with E-state index in [1.165, 1.54) is 56.3 Å². The Hall–Kier alpha value is -4.99. The molecule has 1 fully saturated rings. The van der Waals surface area contributed by atoms with Crippen LogP contribution in [0.1, 0.15) is 11.3 Å². The maximum absolute atomic E-state index is 13.2. The zero-order valence-electron chi connectivity index (χ0n) is 21.0. The number of carbonyl (C=O) groups excluding carboxylic acids is 3. The topological polar surface area (TPSA) is 203 Å². The third-order valence-electron chi connectivity index (χ3n) is 5.99. The molecule has 2 aromatic rings. The van der Waals surface area contributed by atoms with Crippen molar-refractivity contribution in [3.8, 4) is 0 Å². The summed E-state index contributed by atoms with van der Waals surface area (Å²) in [5.74, 6) is -2.68. The number of carbonyl (C=O) groups is 4. The van der Waals surface area contributed by atoms with Gasteiger partial charge in [0.25, 0.3) is 17.5 Å². The highest BCUT2D eigenvalue weighted by molar-refractivity contribution is 8.00. The van der Waals surface area contributed by atoms with Crippen LogP contribution in [0.3, 0.4) is 0 Å². The van der Waals surface area contributed by atoms with Gasteiger partial charge >= 0.3 is 5.97 Å². The third kappa shape index (κ3) is 5.42. The van der Waals surface area contributed by atoms with E-state index in [4.69, 9.17) is 9.57 Å². The normalized spacial score (nSPS) is 20.1. The largest absolute Gasteiger partial charge is 0.497 e. The maximum Gasteiger partial charge on any atom is 0.356 e. The number of anilines is 1. The van der Waals surface area contributed by atoms with Gasteiger partial charge in [-0.3, -0.25) is 29.4 Å². The van der Waals surface area contributed by atoms with Crippen molar-refractivity contribution >= 4 is 53.2 Å². The van der Waals surface area contributed by atoms with Crippen LogP contribution in [0.25, 0.3) is 0 Å². The Balaban J connectivity index is 1.59. The van der Waals surface area contributed by atoms with Gasteiger partial charge in [-0.15, -0.1) is 11.8 Å². The number of fused-ring (bicyclic) bond motifs is 1. The van der Waals surface area contributed by atoms with E-state index in [2.05, 4.69) is 20.8 Å². The predicted octanol–water partition coefficient (Wildman–Crippen LogP) is 0.862. The first-order chi connectivity index (χ1) is 19.2. The molecule has 15 nitrogen and oxygen atoms in total. The van der Waals surface area contributed by atoms with E-state index in [0.29, 0.717) is 12.0 Å². The lowest BCUT2D eigenvalue weighted by molar-refractivity contribution is -0.384. The molecule has 0 saturated carbocycles. The average molecular weight is 571 g/mol. The number of ether oxygens (including phenoxy) is 1. The van der Waals surface area contributed by atoms with E-state index in [1.54, 1.807) is 12.1 Å². The van der Waals surface area contributed by atoms with Crippen LogP contribution in [0.2, 0.25) is 0 Å². The molecule has 2 aliphatic heterocycles. The minimum absolute atomic E-state index is 0.0509.